The maximum Gasteiger partial charge on any atom is 0.228 e. The average molecular weight is 343 g/mol. The summed E-state index contributed by atoms with van der Waals surface area (Å²) in [6.45, 7) is 3.99. The molecule has 0 aromatic carbocycles. The molecule has 2 aromatic rings. The van der Waals surface area contributed by atoms with E-state index in [-0.39, 0.29) is 5.91 Å². The van der Waals surface area contributed by atoms with E-state index in [4.69, 9.17) is 0 Å². The quantitative estimate of drug-likeness (QED) is 0.919. The summed E-state index contributed by atoms with van der Waals surface area (Å²) in [7, 11) is 0. The van der Waals surface area contributed by atoms with E-state index in [1.54, 1.807) is 18.6 Å². The van der Waals surface area contributed by atoms with Crippen LogP contribution in [0.25, 0.3) is 10.7 Å². The first-order valence-corrected chi connectivity index (χ1v) is 9.31. The van der Waals surface area contributed by atoms with Gasteiger partial charge in [-0.15, -0.1) is 11.3 Å². The monoisotopic (exact) mass is 343 g/mol. The summed E-state index contributed by atoms with van der Waals surface area (Å²) < 4.78 is 0. The Kier molecular flexibility index (Phi) is 4.28. The second kappa shape index (κ2) is 6.57. The zero-order valence-electron chi connectivity index (χ0n) is 13.6. The van der Waals surface area contributed by atoms with Crippen LogP contribution in [0.4, 0.5) is 0 Å². The topological polar surface area (TPSA) is 71.0 Å². The molecule has 0 bridgehead atoms. The zero-order chi connectivity index (χ0) is 16.4. The summed E-state index contributed by atoms with van der Waals surface area (Å²) in [6, 6.07) is 0. The smallest absolute Gasteiger partial charge is 0.228 e. The first kappa shape index (κ1) is 15.7. The number of hydrogen-bond donors (Lipinski definition) is 1. The van der Waals surface area contributed by atoms with Crippen LogP contribution in [0.1, 0.15) is 25.0 Å². The van der Waals surface area contributed by atoms with Gasteiger partial charge in [0.25, 0.3) is 0 Å². The first-order chi connectivity index (χ1) is 11.7. The van der Waals surface area contributed by atoms with Gasteiger partial charge in [0.2, 0.25) is 5.91 Å². The van der Waals surface area contributed by atoms with Crippen LogP contribution in [-0.4, -0.2) is 51.9 Å². The summed E-state index contributed by atoms with van der Waals surface area (Å²) in [5, 5.41) is 6.23. The van der Waals surface area contributed by atoms with Gasteiger partial charge in [0, 0.05) is 37.4 Å². The maximum absolute atomic E-state index is 12.6. The van der Waals surface area contributed by atoms with Gasteiger partial charge >= 0.3 is 0 Å². The Morgan fingerprint density at radius 2 is 2.17 bits per heavy atom. The molecule has 0 saturated carbocycles. The summed E-state index contributed by atoms with van der Waals surface area (Å²) in [5.74, 6) is 0.187. The Morgan fingerprint density at radius 1 is 1.29 bits per heavy atom. The van der Waals surface area contributed by atoms with Crippen molar-refractivity contribution in [3.63, 3.8) is 0 Å². The summed E-state index contributed by atoms with van der Waals surface area (Å²) in [4.78, 5) is 27.4. The minimum absolute atomic E-state index is 0.187. The highest BCUT2D eigenvalue weighted by atomic mass is 32.1. The number of carbonyl (C=O) groups excluding carboxylic acids is 1. The Morgan fingerprint density at radius 3 is 2.88 bits per heavy atom. The Hall–Kier alpha value is -1.86. The number of rotatable bonds is 3. The van der Waals surface area contributed by atoms with Crippen molar-refractivity contribution >= 4 is 17.2 Å². The molecule has 2 aromatic heterocycles. The lowest BCUT2D eigenvalue weighted by atomic mass is 9.78. The zero-order valence-corrected chi connectivity index (χ0v) is 14.4. The molecule has 2 aliphatic rings. The number of nitrogens with zero attached hydrogens (tertiary/aromatic N) is 4. The molecule has 2 saturated heterocycles. The molecule has 1 amide bonds. The van der Waals surface area contributed by atoms with Crippen LogP contribution in [0.2, 0.25) is 0 Å². The molecular weight excluding hydrogens is 322 g/mol. The van der Waals surface area contributed by atoms with Crippen LogP contribution < -0.4 is 5.32 Å². The van der Waals surface area contributed by atoms with Crippen molar-refractivity contribution in [2.24, 2.45) is 5.41 Å². The van der Waals surface area contributed by atoms with Gasteiger partial charge in [-0.05, 0) is 31.2 Å². The molecule has 7 heteroatoms. The normalized spacial score (nSPS) is 19.8. The summed E-state index contributed by atoms with van der Waals surface area (Å²) in [6.07, 6.45) is 8.86. The molecule has 24 heavy (non-hydrogen) atoms. The van der Waals surface area contributed by atoms with Gasteiger partial charge in [0.05, 0.1) is 18.3 Å². The van der Waals surface area contributed by atoms with Crippen LogP contribution in [0.15, 0.2) is 24.0 Å². The molecule has 4 heterocycles. The SMILES string of the molecule is O=C(Cc1csc(-c2cnccn2)n1)N1CCC2(CCNC2)CC1. The predicted octanol–water partition coefficient (Wildman–Crippen LogP) is 1.74. The van der Waals surface area contributed by atoms with Crippen LogP contribution in [-0.2, 0) is 11.2 Å². The second-order valence-electron chi connectivity index (χ2n) is 6.72. The molecule has 2 aliphatic heterocycles. The van der Waals surface area contributed by atoms with E-state index in [1.165, 1.54) is 17.8 Å². The van der Waals surface area contributed by atoms with Gasteiger partial charge in [0.15, 0.2) is 0 Å². The van der Waals surface area contributed by atoms with Crippen molar-refractivity contribution in [2.75, 3.05) is 26.2 Å². The first-order valence-electron chi connectivity index (χ1n) is 8.43. The van der Waals surface area contributed by atoms with Crippen LogP contribution in [0.5, 0.6) is 0 Å². The van der Waals surface area contributed by atoms with Crippen LogP contribution >= 0.6 is 11.3 Å². The standard InChI is InChI=1S/C17H21N5OS/c23-15(22-7-2-17(3-8-22)1-4-19-12-17)9-13-11-24-16(21-13)14-10-18-5-6-20-14/h5-6,10-11,19H,1-4,7-9,12H2. The van der Waals surface area contributed by atoms with E-state index in [0.29, 0.717) is 11.8 Å². The van der Waals surface area contributed by atoms with Crippen molar-refractivity contribution in [2.45, 2.75) is 25.7 Å². The number of likely N-dealkylation sites (tertiary alicyclic amines) is 1. The van der Waals surface area contributed by atoms with E-state index >= 15 is 0 Å². The molecule has 126 valence electrons. The lowest BCUT2D eigenvalue weighted by molar-refractivity contribution is -0.132. The summed E-state index contributed by atoms with van der Waals surface area (Å²) >= 11 is 1.51. The highest BCUT2D eigenvalue weighted by Crippen LogP contribution is 2.37. The number of piperidine rings is 1. The number of carbonyl (C=O) groups is 1. The Labute approximate surface area is 145 Å². The third-order valence-electron chi connectivity index (χ3n) is 5.18. The Bertz CT molecular complexity index is 701. The minimum Gasteiger partial charge on any atom is -0.342 e. The highest BCUT2D eigenvalue weighted by molar-refractivity contribution is 7.13. The van der Waals surface area contributed by atoms with Gasteiger partial charge in [-0.1, -0.05) is 0 Å². The van der Waals surface area contributed by atoms with Crippen molar-refractivity contribution < 1.29 is 4.79 Å². The molecule has 0 atom stereocenters. The van der Waals surface area contributed by atoms with Gasteiger partial charge in [-0.3, -0.25) is 14.8 Å². The molecule has 1 N–H and O–H groups in total. The fourth-order valence-electron chi connectivity index (χ4n) is 3.63. The minimum atomic E-state index is 0.187. The van der Waals surface area contributed by atoms with E-state index < -0.39 is 0 Å². The summed E-state index contributed by atoms with van der Waals surface area (Å²) in [5.41, 5.74) is 2.03. The van der Waals surface area contributed by atoms with Crippen LogP contribution in [0.3, 0.4) is 0 Å². The number of amides is 1. The van der Waals surface area contributed by atoms with E-state index in [2.05, 4.69) is 20.3 Å². The van der Waals surface area contributed by atoms with E-state index in [0.717, 1.165) is 55.4 Å². The number of nitrogens with one attached hydrogen (secondary N) is 1. The number of hydrogen-bond acceptors (Lipinski definition) is 6. The third kappa shape index (κ3) is 3.18. The van der Waals surface area contributed by atoms with Crippen molar-refractivity contribution in [3.8, 4) is 10.7 Å². The van der Waals surface area contributed by atoms with Gasteiger partial charge in [-0.2, -0.15) is 0 Å². The van der Waals surface area contributed by atoms with E-state index in [1.807, 2.05) is 10.3 Å². The molecule has 0 unspecified atom stereocenters. The second-order valence-corrected chi connectivity index (χ2v) is 7.58. The molecule has 2 fully saturated rings. The largest absolute Gasteiger partial charge is 0.342 e. The molecule has 4 rings (SSSR count). The third-order valence-corrected chi connectivity index (χ3v) is 6.09. The molecule has 0 radical (unpaired) electrons. The fraction of sp³-hybridized carbons (Fsp3) is 0.529. The molecule has 6 nitrogen and oxygen atoms in total. The lowest BCUT2D eigenvalue weighted by Crippen LogP contribution is -2.44. The predicted molar refractivity (Wildman–Crippen MR) is 92.6 cm³/mol. The lowest BCUT2D eigenvalue weighted by Gasteiger charge is -2.38. The van der Waals surface area contributed by atoms with E-state index in [9.17, 15) is 4.79 Å². The van der Waals surface area contributed by atoms with Gasteiger partial charge < -0.3 is 10.2 Å². The maximum atomic E-state index is 12.6. The number of aromatic nitrogens is 3. The highest BCUT2D eigenvalue weighted by Gasteiger charge is 2.37. The number of thiazole rings is 1. The van der Waals surface area contributed by atoms with Crippen molar-refractivity contribution in [3.05, 3.63) is 29.7 Å². The van der Waals surface area contributed by atoms with Crippen molar-refractivity contribution in [1.29, 1.82) is 0 Å². The molecule has 0 aliphatic carbocycles. The van der Waals surface area contributed by atoms with Crippen molar-refractivity contribution in [1.82, 2.24) is 25.2 Å². The molecular formula is C17H21N5OS. The average Bonchev–Trinajstić information content (AvgIpc) is 3.26. The molecule has 1 spiro atoms. The van der Waals surface area contributed by atoms with Crippen LogP contribution in [0, 0.1) is 5.41 Å². The fourth-order valence-corrected chi connectivity index (χ4v) is 4.41. The Balaban J connectivity index is 1.36. The van der Waals surface area contributed by atoms with Gasteiger partial charge in [0.1, 0.15) is 10.7 Å². The van der Waals surface area contributed by atoms with Gasteiger partial charge in [-0.25, -0.2) is 4.98 Å².